The summed E-state index contributed by atoms with van der Waals surface area (Å²) in [6.07, 6.45) is 0. The molecule has 0 saturated carbocycles. The first-order valence-electron chi connectivity index (χ1n) is 18.8. The molecule has 3 heterocycles. The minimum Gasteiger partial charge on any atom is -0.456 e. The number of aromatic nitrogens is 4. The van der Waals surface area contributed by atoms with E-state index in [-0.39, 0.29) is 0 Å². The monoisotopic (exact) mass is 716 g/mol. The Labute approximate surface area is 322 Å². The molecule has 11 rings (SSSR count). The molecule has 0 amide bonds. The van der Waals surface area contributed by atoms with Gasteiger partial charge in [-0.2, -0.15) is 0 Å². The Morgan fingerprint density at radius 2 is 0.875 bits per heavy atom. The Hall–Kier alpha value is -7.63. The molecule has 0 aliphatic carbocycles. The van der Waals surface area contributed by atoms with Gasteiger partial charge < -0.3 is 8.98 Å². The van der Waals surface area contributed by atoms with Gasteiger partial charge in [-0.25, -0.2) is 15.0 Å². The van der Waals surface area contributed by atoms with Gasteiger partial charge in [0, 0.05) is 32.8 Å². The Bertz CT molecular complexity index is 3170. The molecule has 0 saturated heterocycles. The molecule has 0 atom stereocenters. The fourth-order valence-electron chi connectivity index (χ4n) is 8.15. The van der Waals surface area contributed by atoms with Gasteiger partial charge in [-0.3, -0.25) is 0 Å². The number of nitrogens with zero attached hydrogens (tertiary/aromatic N) is 4. The number of para-hydroxylation sites is 1. The van der Waals surface area contributed by atoms with Crippen molar-refractivity contribution in [3.05, 3.63) is 194 Å². The maximum Gasteiger partial charge on any atom is 0.164 e. The van der Waals surface area contributed by atoms with Crippen molar-refractivity contribution in [3.8, 4) is 62.1 Å². The van der Waals surface area contributed by atoms with Crippen molar-refractivity contribution in [2.45, 2.75) is 0 Å². The molecule has 0 N–H and O–H groups in total. The van der Waals surface area contributed by atoms with Crippen LogP contribution in [-0.4, -0.2) is 19.5 Å². The van der Waals surface area contributed by atoms with Crippen LogP contribution in [0.15, 0.2) is 199 Å². The van der Waals surface area contributed by atoms with Crippen LogP contribution in [0.1, 0.15) is 0 Å². The molecule has 0 spiro atoms. The van der Waals surface area contributed by atoms with E-state index in [1.165, 1.54) is 21.9 Å². The summed E-state index contributed by atoms with van der Waals surface area (Å²) < 4.78 is 9.12. The zero-order valence-electron chi connectivity index (χ0n) is 30.2. The lowest BCUT2D eigenvalue weighted by molar-refractivity contribution is 0.669. The summed E-state index contributed by atoms with van der Waals surface area (Å²) in [5.74, 6) is 1.81. The van der Waals surface area contributed by atoms with E-state index in [0.717, 1.165) is 66.5 Å². The van der Waals surface area contributed by atoms with Gasteiger partial charge in [-0.05, 0) is 58.7 Å². The van der Waals surface area contributed by atoms with E-state index in [0.29, 0.717) is 17.5 Å². The maximum atomic E-state index is 6.71. The molecule has 262 valence electrons. The maximum absolute atomic E-state index is 6.71. The second kappa shape index (κ2) is 13.0. The van der Waals surface area contributed by atoms with Crippen LogP contribution in [0.5, 0.6) is 0 Å². The summed E-state index contributed by atoms with van der Waals surface area (Å²) in [6, 6.07) is 67.4. The Kier molecular flexibility index (Phi) is 7.42. The van der Waals surface area contributed by atoms with Crippen molar-refractivity contribution in [3.63, 3.8) is 0 Å². The van der Waals surface area contributed by atoms with Crippen molar-refractivity contribution in [1.29, 1.82) is 0 Å². The van der Waals surface area contributed by atoms with Crippen LogP contribution in [-0.2, 0) is 0 Å². The van der Waals surface area contributed by atoms with Crippen LogP contribution in [0.3, 0.4) is 0 Å². The molecule has 0 unspecified atom stereocenters. The molecule has 5 nitrogen and oxygen atoms in total. The SMILES string of the molecule is c1ccc(-c2cc(-c3ccccc3)c3c4ccccc4n(-c4cccc5oc6cccc(-c7nc(-c8ccccc8)nc(-c8ccccc8)n7)c6c45)c3c2)cc1. The van der Waals surface area contributed by atoms with Crippen molar-refractivity contribution < 1.29 is 4.42 Å². The number of hydrogen-bond acceptors (Lipinski definition) is 4. The highest BCUT2D eigenvalue weighted by Crippen LogP contribution is 2.45. The third-order valence-electron chi connectivity index (χ3n) is 10.6. The van der Waals surface area contributed by atoms with Gasteiger partial charge in [0.1, 0.15) is 11.2 Å². The lowest BCUT2D eigenvalue weighted by Gasteiger charge is -2.13. The smallest absolute Gasteiger partial charge is 0.164 e. The molecule has 56 heavy (non-hydrogen) atoms. The van der Waals surface area contributed by atoms with Gasteiger partial charge >= 0.3 is 0 Å². The summed E-state index contributed by atoms with van der Waals surface area (Å²) in [4.78, 5) is 15.3. The second-order valence-corrected chi connectivity index (χ2v) is 14.0. The predicted octanol–water partition coefficient (Wildman–Crippen LogP) is 13.2. The summed E-state index contributed by atoms with van der Waals surface area (Å²) in [5.41, 5.74) is 12.2. The summed E-state index contributed by atoms with van der Waals surface area (Å²) in [6.45, 7) is 0. The average Bonchev–Trinajstić information content (AvgIpc) is 3.83. The lowest BCUT2D eigenvalue weighted by atomic mass is 9.94. The molecular weight excluding hydrogens is 685 g/mol. The van der Waals surface area contributed by atoms with Crippen LogP contribution in [0.4, 0.5) is 0 Å². The van der Waals surface area contributed by atoms with E-state index < -0.39 is 0 Å². The van der Waals surface area contributed by atoms with Crippen LogP contribution in [0.25, 0.3) is 106 Å². The van der Waals surface area contributed by atoms with E-state index in [4.69, 9.17) is 19.4 Å². The fourth-order valence-corrected chi connectivity index (χ4v) is 8.15. The van der Waals surface area contributed by atoms with Crippen molar-refractivity contribution in [2.24, 2.45) is 0 Å². The van der Waals surface area contributed by atoms with Crippen LogP contribution in [0, 0.1) is 0 Å². The first-order chi connectivity index (χ1) is 27.8. The Morgan fingerprint density at radius 1 is 0.339 bits per heavy atom. The fraction of sp³-hybridized carbons (Fsp3) is 0. The highest BCUT2D eigenvalue weighted by molar-refractivity contribution is 6.20. The summed E-state index contributed by atoms with van der Waals surface area (Å²) >= 11 is 0. The molecule has 0 aliphatic rings. The molecular formula is C51H32N4O. The summed E-state index contributed by atoms with van der Waals surface area (Å²) in [5, 5.41) is 4.34. The van der Waals surface area contributed by atoms with Crippen LogP contribution < -0.4 is 0 Å². The first kappa shape index (κ1) is 31.9. The van der Waals surface area contributed by atoms with Crippen molar-refractivity contribution >= 4 is 43.7 Å². The molecule has 5 heteroatoms. The molecule has 0 aliphatic heterocycles. The number of rotatable bonds is 6. The third kappa shape index (κ3) is 5.21. The molecule has 0 radical (unpaired) electrons. The highest BCUT2D eigenvalue weighted by Gasteiger charge is 2.23. The van der Waals surface area contributed by atoms with E-state index in [1.807, 2.05) is 72.8 Å². The largest absolute Gasteiger partial charge is 0.456 e. The molecule has 11 aromatic rings. The minimum atomic E-state index is 0.584. The average molecular weight is 717 g/mol. The van der Waals surface area contributed by atoms with Gasteiger partial charge in [-0.15, -0.1) is 0 Å². The van der Waals surface area contributed by atoms with Crippen molar-refractivity contribution in [1.82, 2.24) is 19.5 Å². The second-order valence-electron chi connectivity index (χ2n) is 14.0. The predicted molar refractivity (Wildman–Crippen MR) is 229 cm³/mol. The van der Waals surface area contributed by atoms with Crippen molar-refractivity contribution in [2.75, 3.05) is 0 Å². The van der Waals surface area contributed by atoms with Gasteiger partial charge in [0.05, 0.1) is 22.1 Å². The lowest BCUT2D eigenvalue weighted by Crippen LogP contribution is -2.00. The summed E-state index contributed by atoms with van der Waals surface area (Å²) in [7, 11) is 0. The van der Waals surface area contributed by atoms with E-state index in [2.05, 4.69) is 126 Å². The van der Waals surface area contributed by atoms with Crippen LogP contribution >= 0.6 is 0 Å². The van der Waals surface area contributed by atoms with Gasteiger partial charge in [0.25, 0.3) is 0 Å². The molecule has 0 fully saturated rings. The first-order valence-corrected chi connectivity index (χ1v) is 18.8. The van der Waals surface area contributed by atoms with Gasteiger partial charge in [0.2, 0.25) is 0 Å². The van der Waals surface area contributed by atoms with E-state index >= 15 is 0 Å². The zero-order chi connectivity index (χ0) is 37.0. The molecule has 0 bridgehead atoms. The third-order valence-corrected chi connectivity index (χ3v) is 10.6. The van der Waals surface area contributed by atoms with Crippen LogP contribution in [0.2, 0.25) is 0 Å². The van der Waals surface area contributed by atoms with Gasteiger partial charge in [0.15, 0.2) is 17.5 Å². The Balaban J connectivity index is 1.24. The normalized spacial score (nSPS) is 11.6. The molecule has 3 aromatic heterocycles. The quantitative estimate of drug-likeness (QED) is 0.172. The Morgan fingerprint density at radius 3 is 1.54 bits per heavy atom. The van der Waals surface area contributed by atoms with Gasteiger partial charge in [-0.1, -0.05) is 158 Å². The number of benzene rings is 8. The number of hydrogen-bond donors (Lipinski definition) is 0. The topological polar surface area (TPSA) is 56.7 Å². The number of furan rings is 1. The zero-order valence-corrected chi connectivity index (χ0v) is 30.2. The molecule has 8 aromatic carbocycles. The minimum absolute atomic E-state index is 0.584. The standard InChI is InChI=1S/C51H32N4O/c1-5-17-33(18-6-1)37-31-40(34-19-7-2-8-20-34)46-38-25-13-14-27-41(38)55(43(46)32-37)42-28-16-30-45-48(42)47-39(26-15-29-44(47)56-45)51-53-49(35-21-9-3-10-22-35)52-50(54-51)36-23-11-4-12-24-36/h1-32H. The van der Waals surface area contributed by atoms with E-state index in [9.17, 15) is 0 Å². The van der Waals surface area contributed by atoms with E-state index in [1.54, 1.807) is 0 Å². The highest BCUT2D eigenvalue weighted by atomic mass is 16.3. The number of fused-ring (bicyclic) bond motifs is 6.